The van der Waals surface area contributed by atoms with Crippen LogP contribution < -0.4 is 10.6 Å². The summed E-state index contributed by atoms with van der Waals surface area (Å²) in [6, 6.07) is 1.16. The highest BCUT2D eigenvalue weighted by atomic mass is 16.5. The van der Waals surface area contributed by atoms with Crippen molar-refractivity contribution in [1.29, 1.82) is 0 Å². The summed E-state index contributed by atoms with van der Waals surface area (Å²) < 4.78 is 4.92. The highest BCUT2D eigenvalue weighted by Crippen LogP contribution is 2.10. The van der Waals surface area contributed by atoms with E-state index >= 15 is 0 Å². The zero-order valence-electron chi connectivity index (χ0n) is 9.99. The first-order chi connectivity index (χ1) is 7.74. The van der Waals surface area contributed by atoms with E-state index in [0.717, 1.165) is 12.2 Å². The molecule has 1 aromatic rings. The highest BCUT2D eigenvalue weighted by Gasteiger charge is 2.16. The van der Waals surface area contributed by atoms with Crippen LogP contribution in [0.1, 0.15) is 37.9 Å². The summed E-state index contributed by atoms with van der Waals surface area (Å²) in [6.45, 7) is 5.86. The van der Waals surface area contributed by atoms with Gasteiger partial charge in [-0.25, -0.2) is 0 Å². The van der Waals surface area contributed by atoms with Crippen LogP contribution in [0.3, 0.4) is 0 Å². The Bertz CT molecular complexity index is 320. The molecule has 1 aromatic heterocycles. The quantitative estimate of drug-likeness (QED) is 0.781. The Kier molecular flexibility index (Phi) is 3.90. The van der Waals surface area contributed by atoms with Crippen molar-refractivity contribution in [3.63, 3.8) is 0 Å². The normalized spacial score (nSPS) is 22.5. The molecule has 0 spiro atoms. The largest absolute Gasteiger partial charge is 0.340 e. The number of nitrogens with zero attached hydrogens (tertiary/aromatic N) is 2. The lowest BCUT2D eigenvalue weighted by molar-refractivity contribution is 0.380. The summed E-state index contributed by atoms with van der Waals surface area (Å²) in [4.78, 5) is 4.16. The molecule has 2 heterocycles. The fraction of sp³-hybridized carbons (Fsp3) is 0.818. The molecule has 5 heteroatoms. The molecule has 16 heavy (non-hydrogen) atoms. The molecule has 1 saturated heterocycles. The molecule has 0 aliphatic carbocycles. The zero-order chi connectivity index (χ0) is 11.4. The van der Waals surface area contributed by atoms with Crippen LogP contribution in [0, 0.1) is 6.92 Å². The van der Waals surface area contributed by atoms with Crippen LogP contribution >= 0.6 is 0 Å². The van der Waals surface area contributed by atoms with E-state index in [0.29, 0.717) is 24.5 Å². The summed E-state index contributed by atoms with van der Waals surface area (Å²) in [5.74, 6) is 1.37. The Morgan fingerprint density at radius 1 is 1.62 bits per heavy atom. The summed E-state index contributed by atoms with van der Waals surface area (Å²) in [5.41, 5.74) is 0. The number of nitrogens with one attached hydrogen (secondary N) is 2. The minimum Gasteiger partial charge on any atom is -0.340 e. The maximum absolute atomic E-state index is 4.92. The molecule has 2 N–H and O–H groups in total. The maximum Gasteiger partial charge on any atom is 0.223 e. The van der Waals surface area contributed by atoms with Gasteiger partial charge in [0.2, 0.25) is 5.89 Å². The van der Waals surface area contributed by atoms with Gasteiger partial charge < -0.3 is 15.2 Å². The number of hydrogen-bond acceptors (Lipinski definition) is 5. The van der Waals surface area contributed by atoms with E-state index in [9.17, 15) is 0 Å². The minimum absolute atomic E-state index is 0.481. The first-order valence-electron chi connectivity index (χ1n) is 6.00. The lowest BCUT2D eigenvalue weighted by Gasteiger charge is -2.17. The molecule has 2 atom stereocenters. The third-order valence-corrected chi connectivity index (χ3v) is 2.98. The van der Waals surface area contributed by atoms with E-state index in [1.165, 1.54) is 19.4 Å². The molecule has 5 nitrogen and oxygen atoms in total. The van der Waals surface area contributed by atoms with Crippen molar-refractivity contribution in [2.24, 2.45) is 0 Å². The van der Waals surface area contributed by atoms with E-state index < -0.39 is 0 Å². The second-order valence-electron chi connectivity index (χ2n) is 4.54. The first-order valence-corrected chi connectivity index (χ1v) is 6.00. The molecule has 1 aliphatic rings. The van der Waals surface area contributed by atoms with Gasteiger partial charge in [0, 0.05) is 19.0 Å². The average Bonchev–Trinajstić information content (AvgIpc) is 2.87. The molecule has 0 saturated carbocycles. The standard InChI is InChI=1S/C11H20N4O/c1-8(6-10-4-3-5-12-10)13-7-11-14-9(2)16-15-11/h8,10,12-13H,3-7H2,1-2H3. The Hall–Kier alpha value is -0.940. The Morgan fingerprint density at radius 3 is 3.12 bits per heavy atom. The summed E-state index contributed by atoms with van der Waals surface area (Å²) in [7, 11) is 0. The second-order valence-corrected chi connectivity index (χ2v) is 4.54. The third-order valence-electron chi connectivity index (χ3n) is 2.98. The van der Waals surface area contributed by atoms with Crippen molar-refractivity contribution < 1.29 is 4.52 Å². The zero-order valence-corrected chi connectivity index (χ0v) is 9.99. The average molecular weight is 224 g/mol. The minimum atomic E-state index is 0.481. The predicted octanol–water partition coefficient (Wildman–Crippen LogP) is 0.998. The van der Waals surface area contributed by atoms with Gasteiger partial charge >= 0.3 is 0 Å². The van der Waals surface area contributed by atoms with E-state index in [4.69, 9.17) is 4.52 Å². The van der Waals surface area contributed by atoms with Crippen molar-refractivity contribution in [3.8, 4) is 0 Å². The Labute approximate surface area is 96.0 Å². The van der Waals surface area contributed by atoms with Gasteiger partial charge in [-0.15, -0.1) is 0 Å². The monoisotopic (exact) mass is 224 g/mol. The van der Waals surface area contributed by atoms with Crippen LogP contribution in [-0.4, -0.2) is 28.8 Å². The second kappa shape index (κ2) is 5.41. The molecule has 2 unspecified atom stereocenters. The first kappa shape index (κ1) is 11.5. The van der Waals surface area contributed by atoms with Gasteiger partial charge in [-0.2, -0.15) is 4.98 Å². The SMILES string of the molecule is Cc1nc(CNC(C)CC2CCCN2)no1. The smallest absolute Gasteiger partial charge is 0.223 e. The van der Waals surface area contributed by atoms with E-state index in [1.54, 1.807) is 0 Å². The molecule has 1 fully saturated rings. The number of hydrogen-bond donors (Lipinski definition) is 2. The summed E-state index contributed by atoms with van der Waals surface area (Å²) in [6.07, 6.45) is 3.77. The third kappa shape index (κ3) is 3.28. The van der Waals surface area contributed by atoms with Crippen LogP contribution in [0.15, 0.2) is 4.52 Å². The summed E-state index contributed by atoms with van der Waals surface area (Å²) >= 11 is 0. The molecular weight excluding hydrogens is 204 g/mol. The van der Waals surface area contributed by atoms with Gasteiger partial charge in [0.05, 0.1) is 6.54 Å². The lowest BCUT2D eigenvalue weighted by Crippen LogP contribution is -2.33. The molecule has 0 amide bonds. The molecular formula is C11H20N4O. The van der Waals surface area contributed by atoms with Gasteiger partial charge in [0.1, 0.15) is 0 Å². The van der Waals surface area contributed by atoms with Crippen LogP contribution in [0.2, 0.25) is 0 Å². The Morgan fingerprint density at radius 2 is 2.50 bits per heavy atom. The molecule has 2 rings (SSSR count). The van der Waals surface area contributed by atoms with Crippen LogP contribution in [0.4, 0.5) is 0 Å². The predicted molar refractivity (Wildman–Crippen MR) is 61.0 cm³/mol. The fourth-order valence-electron chi connectivity index (χ4n) is 2.15. The van der Waals surface area contributed by atoms with Crippen LogP contribution in [0.25, 0.3) is 0 Å². The lowest BCUT2D eigenvalue weighted by atomic mass is 10.1. The number of aromatic nitrogens is 2. The molecule has 1 aliphatic heterocycles. The van der Waals surface area contributed by atoms with E-state index in [2.05, 4.69) is 27.7 Å². The van der Waals surface area contributed by atoms with Crippen LogP contribution in [0.5, 0.6) is 0 Å². The van der Waals surface area contributed by atoms with Crippen molar-refractivity contribution in [1.82, 2.24) is 20.8 Å². The fourth-order valence-corrected chi connectivity index (χ4v) is 2.15. The number of rotatable bonds is 5. The highest BCUT2D eigenvalue weighted by molar-refractivity contribution is 4.85. The topological polar surface area (TPSA) is 63.0 Å². The van der Waals surface area contributed by atoms with Gasteiger partial charge in [-0.1, -0.05) is 5.16 Å². The maximum atomic E-state index is 4.92. The van der Waals surface area contributed by atoms with Crippen molar-refractivity contribution >= 4 is 0 Å². The molecule has 0 aromatic carbocycles. The molecule has 90 valence electrons. The Balaban J connectivity index is 1.68. The summed E-state index contributed by atoms with van der Waals surface area (Å²) in [5, 5.41) is 10.8. The van der Waals surface area contributed by atoms with Crippen molar-refractivity contribution in [2.45, 2.75) is 51.7 Å². The van der Waals surface area contributed by atoms with Gasteiger partial charge in [-0.3, -0.25) is 0 Å². The van der Waals surface area contributed by atoms with Crippen LogP contribution in [-0.2, 0) is 6.54 Å². The van der Waals surface area contributed by atoms with E-state index in [-0.39, 0.29) is 0 Å². The molecule has 0 radical (unpaired) electrons. The number of aryl methyl sites for hydroxylation is 1. The van der Waals surface area contributed by atoms with Gasteiger partial charge in [0.15, 0.2) is 5.82 Å². The van der Waals surface area contributed by atoms with Gasteiger partial charge in [-0.05, 0) is 32.7 Å². The van der Waals surface area contributed by atoms with Gasteiger partial charge in [0.25, 0.3) is 0 Å². The van der Waals surface area contributed by atoms with Crippen molar-refractivity contribution in [3.05, 3.63) is 11.7 Å². The molecule has 0 bridgehead atoms. The van der Waals surface area contributed by atoms with Crippen molar-refractivity contribution in [2.75, 3.05) is 6.54 Å². The van der Waals surface area contributed by atoms with E-state index in [1.807, 2.05) is 6.92 Å².